The molecule has 14 heavy (non-hydrogen) atoms. The van der Waals surface area contributed by atoms with Crippen LogP contribution in [0.15, 0.2) is 43.2 Å². The maximum absolute atomic E-state index is 11.6. The molecule has 0 bridgehead atoms. The minimum absolute atomic E-state index is 0.0567. The van der Waals surface area contributed by atoms with Crippen LogP contribution >= 0.6 is 0 Å². The molecule has 3 heteroatoms. The highest BCUT2D eigenvalue weighted by Crippen LogP contribution is 2.11. The van der Waals surface area contributed by atoms with Gasteiger partial charge >= 0.3 is 0 Å². The van der Waals surface area contributed by atoms with Gasteiger partial charge in [-0.05, 0) is 12.1 Å². The van der Waals surface area contributed by atoms with Crippen LogP contribution in [0.4, 0.5) is 0 Å². The molecule has 3 nitrogen and oxygen atoms in total. The molecule has 2 rings (SSSR count). The molecule has 0 N–H and O–H groups in total. The van der Waals surface area contributed by atoms with Gasteiger partial charge in [-0.25, -0.2) is 4.52 Å². The van der Waals surface area contributed by atoms with Crippen molar-refractivity contribution in [2.45, 2.75) is 6.42 Å². The maximum atomic E-state index is 11.6. The van der Waals surface area contributed by atoms with Crippen LogP contribution in [0, 0.1) is 0 Å². The van der Waals surface area contributed by atoms with Crippen molar-refractivity contribution in [1.82, 2.24) is 9.61 Å². The van der Waals surface area contributed by atoms with E-state index in [1.54, 1.807) is 16.8 Å². The molecular weight excluding hydrogens is 176 g/mol. The van der Waals surface area contributed by atoms with Crippen LogP contribution in [0.5, 0.6) is 0 Å². The van der Waals surface area contributed by atoms with Crippen LogP contribution in [0.2, 0.25) is 0 Å². The fourth-order valence-electron chi connectivity index (χ4n) is 1.39. The van der Waals surface area contributed by atoms with E-state index in [9.17, 15) is 4.79 Å². The quantitative estimate of drug-likeness (QED) is 0.543. The summed E-state index contributed by atoms with van der Waals surface area (Å²) < 4.78 is 1.69. The molecule has 2 aromatic heterocycles. The number of hydrogen-bond acceptors (Lipinski definition) is 2. The number of carbonyl (C=O) groups is 1. The van der Waals surface area contributed by atoms with E-state index in [1.165, 1.54) is 0 Å². The van der Waals surface area contributed by atoms with Gasteiger partial charge in [0, 0.05) is 12.6 Å². The minimum atomic E-state index is 0.0567. The Bertz CT molecular complexity index is 485. The van der Waals surface area contributed by atoms with Gasteiger partial charge < -0.3 is 0 Å². The first-order chi connectivity index (χ1) is 6.83. The predicted octanol–water partition coefficient (Wildman–Crippen LogP) is 2.09. The van der Waals surface area contributed by atoms with Gasteiger partial charge in [-0.2, -0.15) is 5.10 Å². The Hall–Kier alpha value is -1.90. The fraction of sp³-hybridized carbons (Fsp3) is 0.0909. The second-order valence-electron chi connectivity index (χ2n) is 3.00. The van der Waals surface area contributed by atoms with Crippen molar-refractivity contribution in [2.75, 3.05) is 0 Å². The van der Waals surface area contributed by atoms with Crippen LogP contribution < -0.4 is 0 Å². The number of fused-ring (bicyclic) bond motifs is 1. The Kier molecular flexibility index (Phi) is 2.14. The molecule has 0 saturated carbocycles. The number of hydrogen-bond donors (Lipinski definition) is 0. The van der Waals surface area contributed by atoms with Crippen LogP contribution in [0.3, 0.4) is 0 Å². The van der Waals surface area contributed by atoms with Crippen molar-refractivity contribution in [3.63, 3.8) is 0 Å². The lowest BCUT2D eigenvalue weighted by atomic mass is 10.1. The molecule has 0 fully saturated rings. The fourth-order valence-corrected chi connectivity index (χ4v) is 1.39. The average Bonchev–Trinajstić information content (AvgIpc) is 2.61. The van der Waals surface area contributed by atoms with Gasteiger partial charge in [0.2, 0.25) is 0 Å². The van der Waals surface area contributed by atoms with Crippen LogP contribution in [0.25, 0.3) is 5.52 Å². The van der Waals surface area contributed by atoms with E-state index in [0.717, 1.165) is 5.52 Å². The van der Waals surface area contributed by atoms with Crippen LogP contribution in [-0.2, 0) is 0 Å². The molecular formula is C11H10N2O. The van der Waals surface area contributed by atoms with E-state index in [4.69, 9.17) is 0 Å². The van der Waals surface area contributed by atoms with Gasteiger partial charge in [-0.1, -0.05) is 12.1 Å². The first-order valence-corrected chi connectivity index (χ1v) is 4.39. The second-order valence-corrected chi connectivity index (χ2v) is 3.00. The summed E-state index contributed by atoms with van der Waals surface area (Å²) in [5, 5.41) is 4.08. The molecule has 0 spiro atoms. The normalized spacial score (nSPS) is 10.3. The Labute approximate surface area is 81.7 Å². The molecule has 0 aromatic carbocycles. The highest BCUT2D eigenvalue weighted by Gasteiger charge is 2.09. The standard InChI is InChI=1S/C11H10N2O/c1-2-5-11(14)9-8-12-13-7-4-3-6-10(9)13/h2-4,6-8H,1,5H2. The van der Waals surface area contributed by atoms with Gasteiger partial charge in [0.25, 0.3) is 0 Å². The van der Waals surface area contributed by atoms with Crippen molar-refractivity contribution in [2.24, 2.45) is 0 Å². The number of carbonyl (C=O) groups excluding carboxylic acids is 1. The molecule has 0 atom stereocenters. The van der Waals surface area contributed by atoms with Gasteiger partial charge in [-0.3, -0.25) is 4.79 Å². The minimum Gasteiger partial charge on any atom is -0.294 e. The summed E-state index contributed by atoms with van der Waals surface area (Å²) in [6, 6.07) is 5.65. The molecule has 70 valence electrons. The van der Waals surface area contributed by atoms with Crippen LogP contribution in [-0.4, -0.2) is 15.4 Å². The van der Waals surface area contributed by atoms with E-state index in [-0.39, 0.29) is 5.78 Å². The zero-order chi connectivity index (χ0) is 9.97. The van der Waals surface area contributed by atoms with E-state index >= 15 is 0 Å². The van der Waals surface area contributed by atoms with Crippen molar-refractivity contribution < 1.29 is 4.79 Å². The van der Waals surface area contributed by atoms with Gasteiger partial charge in [0.1, 0.15) is 0 Å². The summed E-state index contributed by atoms with van der Waals surface area (Å²) in [4.78, 5) is 11.6. The molecule has 0 unspecified atom stereocenters. The van der Waals surface area contributed by atoms with E-state index in [0.29, 0.717) is 12.0 Å². The predicted molar refractivity (Wildman–Crippen MR) is 54.3 cm³/mol. The second kappa shape index (κ2) is 3.46. The van der Waals surface area contributed by atoms with Crippen molar-refractivity contribution >= 4 is 11.3 Å². The monoisotopic (exact) mass is 186 g/mol. The maximum Gasteiger partial charge on any atom is 0.170 e. The number of pyridine rings is 1. The summed E-state index contributed by atoms with van der Waals surface area (Å²) in [7, 11) is 0. The van der Waals surface area contributed by atoms with Crippen molar-refractivity contribution in [3.8, 4) is 0 Å². The van der Waals surface area contributed by atoms with E-state index < -0.39 is 0 Å². The van der Waals surface area contributed by atoms with Crippen LogP contribution in [0.1, 0.15) is 16.8 Å². The van der Waals surface area contributed by atoms with Crippen molar-refractivity contribution in [3.05, 3.63) is 48.8 Å². The molecule has 0 aliphatic rings. The van der Waals surface area contributed by atoms with Gasteiger partial charge in [0.05, 0.1) is 17.3 Å². The van der Waals surface area contributed by atoms with Crippen molar-refractivity contribution in [1.29, 1.82) is 0 Å². The summed E-state index contributed by atoms with van der Waals surface area (Å²) in [5.41, 5.74) is 1.50. The topological polar surface area (TPSA) is 34.4 Å². The third-order valence-electron chi connectivity index (χ3n) is 2.06. The number of allylic oxidation sites excluding steroid dienone is 1. The molecule has 2 heterocycles. The zero-order valence-corrected chi connectivity index (χ0v) is 7.68. The highest BCUT2D eigenvalue weighted by molar-refractivity contribution is 6.02. The molecule has 0 radical (unpaired) electrons. The molecule has 0 amide bonds. The Morgan fingerprint density at radius 2 is 2.43 bits per heavy atom. The Balaban J connectivity index is 2.52. The summed E-state index contributed by atoms with van der Waals surface area (Å²) in [6.45, 7) is 3.54. The smallest absolute Gasteiger partial charge is 0.170 e. The van der Waals surface area contributed by atoms with Gasteiger partial charge in [-0.15, -0.1) is 6.58 Å². The number of ketones is 1. The van der Waals surface area contributed by atoms with Gasteiger partial charge in [0.15, 0.2) is 5.78 Å². The Morgan fingerprint density at radius 3 is 3.21 bits per heavy atom. The average molecular weight is 186 g/mol. The van der Waals surface area contributed by atoms with E-state index in [1.807, 2.05) is 24.4 Å². The lowest BCUT2D eigenvalue weighted by Crippen LogP contribution is -1.95. The molecule has 2 aromatic rings. The summed E-state index contributed by atoms with van der Waals surface area (Å²) in [6.07, 6.45) is 5.38. The summed E-state index contributed by atoms with van der Waals surface area (Å²) in [5.74, 6) is 0.0567. The number of nitrogens with zero attached hydrogens (tertiary/aromatic N) is 2. The largest absolute Gasteiger partial charge is 0.294 e. The number of aromatic nitrogens is 2. The lowest BCUT2D eigenvalue weighted by molar-refractivity contribution is 0.0997. The third kappa shape index (κ3) is 1.33. The number of rotatable bonds is 3. The first-order valence-electron chi connectivity index (χ1n) is 4.39. The first kappa shape index (κ1) is 8.69. The Morgan fingerprint density at radius 1 is 1.57 bits per heavy atom. The summed E-state index contributed by atoms with van der Waals surface area (Å²) >= 11 is 0. The molecule has 0 aliphatic carbocycles. The van der Waals surface area contributed by atoms with E-state index in [2.05, 4.69) is 11.7 Å². The third-order valence-corrected chi connectivity index (χ3v) is 2.06. The zero-order valence-electron chi connectivity index (χ0n) is 7.68. The SMILES string of the molecule is C=CCC(=O)c1cnn2ccccc12. The molecule has 0 aliphatic heterocycles. The lowest BCUT2D eigenvalue weighted by Gasteiger charge is -1.94. The highest BCUT2D eigenvalue weighted by atomic mass is 16.1. The molecule has 0 saturated heterocycles. The number of Topliss-reactive ketones (excluding diaryl/α,β-unsaturated/α-hetero) is 1.